The van der Waals surface area contributed by atoms with Crippen LogP contribution in [0.1, 0.15) is 4.88 Å². The summed E-state index contributed by atoms with van der Waals surface area (Å²) in [6.07, 6.45) is -0.622. The highest BCUT2D eigenvalue weighted by Gasteiger charge is 2.08. The van der Waals surface area contributed by atoms with Crippen molar-refractivity contribution in [2.75, 3.05) is 13.2 Å². The fourth-order valence-corrected chi connectivity index (χ4v) is 3.43. The van der Waals surface area contributed by atoms with Crippen LogP contribution in [0, 0.1) is 0 Å². The summed E-state index contributed by atoms with van der Waals surface area (Å²) in [5.74, 6) is 0.477. The van der Waals surface area contributed by atoms with Gasteiger partial charge in [-0.1, -0.05) is 23.2 Å². The maximum Gasteiger partial charge on any atom is 0.139 e. The lowest BCUT2D eigenvalue weighted by Crippen LogP contribution is -2.31. The standard InChI is InChI=1S/C14H14BrCl2NO2S/c15-14-4-2-11(21-14)7-18-6-10(19)8-20-13-5-9(16)1-3-12(13)17/h1-5,10,18-19H,6-8H2. The SMILES string of the molecule is OC(CNCc1ccc(Br)s1)COc1cc(Cl)ccc1Cl. The Labute approximate surface area is 146 Å². The molecule has 0 radical (unpaired) electrons. The van der Waals surface area contributed by atoms with E-state index in [1.807, 2.05) is 12.1 Å². The Morgan fingerprint density at radius 1 is 1.29 bits per heavy atom. The number of thiophene rings is 1. The van der Waals surface area contributed by atoms with E-state index in [1.54, 1.807) is 29.5 Å². The van der Waals surface area contributed by atoms with Crippen molar-refractivity contribution in [3.05, 3.63) is 49.0 Å². The van der Waals surface area contributed by atoms with Crippen molar-refractivity contribution in [1.29, 1.82) is 0 Å². The van der Waals surface area contributed by atoms with Crippen LogP contribution in [-0.4, -0.2) is 24.4 Å². The zero-order chi connectivity index (χ0) is 15.2. The second-order valence-electron chi connectivity index (χ2n) is 4.38. The van der Waals surface area contributed by atoms with Gasteiger partial charge in [-0.3, -0.25) is 0 Å². The molecule has 0 aliphatic carbocycles. The first kappa shape index (κ1) is 17.1. The molecule has 114 valence electrons. The fraction of sp³-hybridized carbons (Fsp3) is 0.286. The van der Waals surface area contributed by atoms with Crippen LogP contribution in [0.5, 0.6) is 5.75 Å². The average molecular weight is 411 g/mol. The summed E-state index contributed by atoms with van der Waals surface area (Å²) in [7, 11) is 0. The molecule has 1 unspecified atom stereocenters. The van der Waals surface area contributed by atoms with Gasteiger partial charge in [0, 0.05) is 29.1 Å². The highest BCUT2D eigenvalue weighted by atomic mass is 79.9. The Morgan fingerprint density at radius 2 is 2.10 bits per heavy atom. The van der Waals surface area contributed by atoms with Gasteiger partial charge < -0.3 is 15.2 Å². The molecule has 21 heavy (non-hydrogen) atoms. The molecule has 2 rings (SSSR count). The summed E-state index contributed by atoms with van der Waals surface area (Å²) in [5.41, 5.74) is 0. The number of benzene rings is 1. The molecule has 0 spiro atoms. The lowest BCUT2D eigenvalue weighted by molar-refractivity contribution is 0.106. The largest absolute Gasteiger partial charge is 0.489 e. The lowest BCUT2D eigenvalue weighted by atomic mass is 10.3. The molecule has 0 amide bonds. The number of ether oxygens (including phenoxy) is 1. The normalized spacial score (nSPS) is 12.4. The quantitative estimate of drug-likeness (QED) is 0.712. The first-order valence-electron chi connectivity index (χ1n) is 6.25. The van der Waals surface area contributed by atoms with Crippen LogP contribution in [0.3, 0.4) is 0 Å². The average Bonchev–Trinajstić information content (AvgIpc) is 2.85. The van der Waals surface area contributed by atoms with Crippen LogP contribution >= 0.6 is 50.5 Å². The van der Waals surface area contributed by atoms with Crippen LogP contribution in [0.25, 0.3) is 0 Å². The molecule has 1 aromatic heterocycles. The third-order valence-corrected chi connectivity index (χ3v) is 4.80. The summed E-state index contributed by atoms with van der Waals surface area (Å²) in [6.45, 7) is 1.31. The van der Waals surface area contributed by atoms with Gasteiger partial charge in [0.25, 0.3) is 0 Å². The number of hydrogen-bond acceptors (Lipinski definition) is 4. The van der Waals surface area contributed by atoms with Gasteiger partial charge >= 0.3 is 0 Å². The number of aliphatic hydroxyl groups is 1. The van der Waals surface area contributed by atoms with Gasteiger partial charge in [0.1, 0.15) is 18.5 Å². The third-order valence-electron chi connectivity index (χ3n) is 2.63. The van der Waals surface area contributed by atoms with Crippen LogP contribution in [-0.2, 0) is 6.54 Å². The van der Waals surface area contributed by atoms with Gasteiger partial charge in [-0.05, 0) is 40.2 Å². The molecular weight excluding hydrogens is 397 g/mol. The van der Waals surface area contributed by atoms with Crippen LogP contribution in [0.4, 0.5) is 0 Å². The number of aliphatic hydroxyl groups excluding tert-OH is 1. The molecule has 3 nitrogen and oxygen atoms in total. The smallest absolute Gasteiger partial charge is 0.139 e. The zero-order valence-corrected chi connectivity index (χ0v) is 14.9. The molecule has 0 fully saturated rings. The molecule has 7 heteroatoms. The van der Waals surface area contributed by atoms with E-state index in [2.05, 4.69) is 21.2 Å². The van der Waals surface area contributed by atoms with Crippen molar-refractivity contribution >= 4 is 50.5 Å². The minimum absolute atomic E-state index is 0.154. The van der Waals surface area contributed by atoms with Crippen molar-refractivity contribution in [1.82, 2.24) is 5.32 Å². The van der Waals surface area contributed by atoms with Gasteiger partial charge in [-0.2, -0.15) is 0 Å². The first-order valence-corrected chi connectivity index (χ1v) is 8.62. The van der Waals surface area contributed by atoms with Gasteiger partial charge in [0.05, 0.1) is 8.81 Å². The van der Waals surface area contributed by atoms with Crippen LogP contribution in [0.15, 0.2) is 34.1 Å². The lowest BCUT2D eigenvalue weighted by Gasteiger charge is -2.14. The Morgan fingerprint density at radius 3 is 2.81 bits per heavy atom. The molecule has 0 aliphatic heterocycles. The van der Waals surface area contributed by atoms with Crippen molar-refractivity contribution in [2.24, 2.45) is 0 Å². The number of rotatable bonds is 7. The van der Waals surface area contributed by atoms with Crippen LogP contribution < -0.4 is 10.1 Å². The number of nitrogens with one attached hydrogen (secondary N) is 1. The number of hydrogen-bond donors (Lipinski definition) is 2. The first-order chi connectivity index (χ1) is 10.0. The Balaban J connectivity index is 1.72. The molecule has 1 heterocycles. The second kappa shape index (κ2) is 8.36. The van der Waals surface area contributed by atoms with Crippen molar-refractivity contribution in [3.63, 3.8) is 0 Å². The maximum atomic E-state index is 9.88. The maximum absolute atomic E-state index is 9.88. The van der Waals surface area contributed by atoms with Crippen LogP contribution in [0.2, 0.25) is 10.0 Å². The van der Waals surface area contributed by atoms with Gasteiger partial charge in [0.15, 0.2) is 0 Å². The molecule has 0 saturated carbocycles. The molecule has 1 atom stereocenters. The molecule has 2 N–H and O–H groups in total. The van der Waals surface area contributed by atoms with E-state index >= 15 is 0 Å². The zero-order valence-electron chi connectivity index (χ0n) is 11.0. The number of halogens is 3. The summed E-state index contributed by atoms with van der Waals surface area (Å²) in [6, 6.07) is 9.03. The van der Waals surface area contributed by atoms with Crippen molar-refractivity contribution < 1.29 is 9.84 Å². The summed E-state index contributed by atoms with van der Waals surface area (Å²) < 4.78 is 6.57. The molecule has 2 aromatic rings. The van der Waals surface area contributed by atoms with Crippen molar-refractivity contribution in [2.45, 2.75) is 12.6 Å². The summed E-state index contributed by atoms with van der Waals surface area (Å²) in [5, 5.41) is 14.1. The van der Waals surface area contributed by atoms with E-state index < -0.39 is 6.10 Å². The summed E-state index contributed by atoms with van der Waals surface area (Å²) in [4.78, 5) is 1.20. The molecule has 0 bridgehead atoms. The summed E-state index contributed by atoms with van der Waals surface area (Å²) >= 11 is 16.9. The van der Waals surface area contributed by atoms with Gasteiger partial charge in [-0.25, -0.2) is 0 Å². The van der Waals surface area contributed by atoms with E-state index in [-0.39, 0.29) is 6.61 Å². The fourth-order valence-electron chi connectivity index (χ4n) is 1.64. The Kier molecular flexibility index (Phi) is 6.79. The van der Waals surface area contributed by atoms with E-state index in [1.165, 1.54) is 4.88 Å². The topological polar surface area (TPSA) is 41.5 Å². The predicted octanol–water partition coefficient (Wildman–Crippen LogP) is 4.35. The molecule has 0 saturated heterocycles. The van der Waals surface area contributed by atoms with E-state index in [0.29, 0.717) is 28.9 Å². The molecular formula is C14H14BrCl2NO2S. The highest BCUT2D eigenvalue weighted by Crippen LogP contribution is 2.27. The van der Waals surface area contributed by atoms with E-state index in [4.69, 9.17) is 27.9 Å². The monoisotopic (exact) mass is 409 g/mol. The van der Waals surface area contributed by atoms with Gasteiger partial charge in [-0.15, -0.1) is 11.3 Å². The molecule has 0 aliphatic rings. The predicted molar refractivity (Wildman–Crippen MR) is 91.7 cm³/mol. The Bertz CT molecular complexity index is 594. The molecule has 1 aromatic carbocycles. The third kappa shape index (κ3) is 5.77. The minimum Gasteiger partial charge on any atom is -0.489 e. The minimum atomic E-state index is -0.622. The van der Waals surface area contributed by atoms with E-state index in [9.17, 15) is 5.11 Å². The highest BCUT2D eigenvalue weighted by molar-refractivity contribution is 9.11. The van der Waals surface area contributed by atoms with Crippen molar-refractivity contribution in [3.8, 4) is 5.75 Å². The Hall–Kier alpha value is -0.300. The van der Waals surface area contributed by atoms with Gasteiger partial charge in [0.2, 0.25) is 0 Å². The second-order valence-corrected chi connectivity index (χ2v) is 7.77. The van der Waals surface area contributed by atoms with E-state index in [0.717, 1.165) is 3.79 Å².